The third-order valence-corrected chi connectivity index (χ3v) is 3.82. The van der Waals surface area contributed by atoms with Crippen molar-refractivity contribution in [3.63, 3.8) is 0 Å². The van der Waals surface area contributed by atoms with E-state index in [-0.39, 0.29) is 17.9 Å². The summed E-state index contributed by atoms with van der Waals surface area (Å²) in [6.07, 6.45) is 1.33. The maximum absolute atomic E-state index is 11.9. The molecule has 1 aliphatic heterocycles. The Kier molecular flexibility index (Phi) is 6.80. The first-order valence-corrected chi connectivity index (χ1v) is 7.59. The Hall–Kier alpha value is -0.610. The minimum absolute atomic E-state index is 0.0339. The molecule has 4 heteroatoms. The zero-order chi connectivity index (χ0) is 14.4. The highest BCUT2D eigenvalue weighted by Crippen LogP contribution is 2.20. The lowest BCUT2D eigenvalue weighted by Gasteiger charge is -2.36. The van der Waals surface area contributed by atoms with Crippen LogP contribution < -0.4 is 10.6 Å². The average molecular weight is 269 g/mol. The molecular weight excluding hydrogens is 238 g/mol. The van der Waals surface area contributed by atoms with Crippen molar-refractivity contribution in [2.45, 2.75) is 40.2 Å². The van der Waals surface area contributed by atoms with Gasteiger partial charge >= 0.3 is 0 Å². The summed E-state index contributed by atoms with van der Waals surface area (Å²) in [4.78, 5) is 14.4. The van der Waals surface area contributed by atoms with Crippen molar-refractivity contribution in [2.24, 2.45) is 17.8 Å². The Bertz CT molecular complexity index is 273. The first kappa shape index (κ1) is 16.4. The van der Waals surface area contributed by atoms with Gasteiger partial charge in [-0.3, -0.25) is 4.79 Å². The van der Waals surface area contributed by atoms with E-state index in [1.165, 1.54) is 6.42 Å². The molecule has 1 saturated heterocycles. The molecule has 112 valence electrons. The van der Waals surface area contributed by atoms with Crippen LogP contribution in [0.5, 0.6) is 0 Å². The first-order chi connectivity index (χ1) is 8.92. The molecule has 19 heavy (non-hydrogen) atoms. The molecule has 0 bridgehead atoms. The van der Waals surface area contributed by atoms with Crippen molar-refractivity contribution in [1.82, 2.24) is 15.5 Å². The Morgan fingerprint density at radius 1 is 1.26 bits per heavy atom. The number of hydrogen-bond donors (Lipinski definition) is 2. The van der Waals surface area contributed by atoms with Gasteiger partial charge in [-0.1, -0.05) is 20.8 Å². The zero-order valence-electron chi connectivity index (χ0n) is 13.2. The fourth-order valence-electron chi connectivity index (χ4n) is 3.16. The van der Waals surface area contributed by atoms with Crippen LogP contribution in [0.1, 0.15) is 34.1 Å². The molecule has 4 unspecified atom stereocenters. The second-order valence-electron chi connectivity index (χ2n) is 6.53. The van der Waals surface area contributed by atoms with Gasteiger partial charge in [0.05, 0.1) is 0 Å². The van der Waals surface area contributed by atoms with Crippen LogP contribution in [0.3, 0.4) is 0 Å². The number of nitrogens with one attached hydrogen (secondary N) is 2. The monoisotopic (exact) mass is 269 g/mol. The lowest BCUT2D eigenvalue weighted by molar-refractivity contribution is -0.125. The van der Waals surface area contributed by atoms with E-state index < -0.39 is 0 Å². The van der Waals surface area contributed by atoms with Crippen LogP contribution in [-0.4, -0.2) is 50.1 Å². The lowest BCUT2D eigenvalue weighted by atomic mass is 9.91. The number of carbonyl (C=O) groups is 1. The van der Waals surface area contributed by atoms with Crippen molar-refractivity contribution < 1.29 is 4.79 Å². The number of carbonyl (C=O) groups excluding carboxylic acids is 1. The van der Waals surface area contributed by atoms with Crippen LogP contribution in [-0.2, 0) is 4.79 Å². The Balaban J connectivity index is 2.34. The first-order valence-electron chi connectivity index (χ1n) is 7.59. The molecule has 1 amide bonds. The van der Waals surface area contributed by atoms with Gasteiger partial charge in [0.2, 0.25) is 5.91 Å². The highest BCUT2D eigenvalue weighted by atomic mass is 16.1. The van der Waals surface area contributed by atoms with E-state index in [4.69, 9.17) is 0 Å². The number of rotatable bonds is 6. The van der Waals surface area contributed by atoms with Gasteiger partial charge in [-0.25, -0.2) is 0 Å². The fourth-order valence-corrected chi connectivity index (χ4v) is 3.16. The summed E-state index contributed by atoms with van der Waals surface area (Å²) in [6, 6.07) is 0.226. The van der Waals surface area contributed by atoms with Crippen molar-refractivity contribution in [2.75, 3.05) is 33.2 Å². The van der Waals surface area contributed by atoms with Gasteiger partial charge in [-0.15, -0.1) is 0 Å². The lowest BCUT2D eigenvalue weighted by Crippen LogP contribution is -2.48. The molecular formula is C15H31N3O. The van der Waals surface area contributed by atoms with Crippen LogP contribution in [0.4, 0.5) is 0 Å². The number of hydrogen-bond acceptors (Lipinski definition) is 3. The summed E-state index contributed by atoms with van der Waals surface area (Å²) in [6.45, 7) is 12.7. The van der Waals surface area contributed by atoms with Crippen molar-refractivity contribution in [3.8, 4) is 0 Å². The summed E-state index contributed by atoms with van der Waals surface area (Å²) in [7, 11) is 1.88. The van der Waals surface area contributed by atoms with E-state index in [0.29, 0.717) is 0 Å². The van der Waals surface area contributed by atoms with Crippen LogP contribution >= 0.6 is 0 Å². The van der Waals surface area contributed by atoms with E-state index in [1.807, 2.05) is 14.0 Å². The smallest absolute Gasteiger partial charge is 0.224 e. The summed E-state index contributed by atoms with van der Waals surface area (Å²) in [5, 5.41) is 6.16. The number of piperidine rings is 1. The molecule has 1 aliphatic rings. The van der Waals surface area contributed by atoms with Gasteiger partial charge in [0.15, 0.2) is 0 Å². The molecule has 0 spiro atoms. The van der Waals surface area contributed by atoms with Crippen molar-refractivity contribution in [1.29, 1.82) is 0 Å². The summed E-state index contributed by atoms with van der Waals surface area (Å²) in [5.74, 6) is 1.73. The Morgan fingerprint density at radius 3 is 2.37 bits per heavy atom. The highest BCUT2D eigenvalue weighted by molar-refractivity contribution is 5.78. The molecule has 2 N–H and O–H groups in total. The third kappa shape index (κ3) is 5.91. The average Bonchev–Trinajstić information content (AvgIpc) is 2.27. The summed E-state index contributed by atoms with van der Waals surface area (Å²) in [5.41, 5.74) is 0. The van der Waals surface area contributed by atoms with Gasteiger partial charge in [0.25, 0.3) is 0 Å². The van der Waals surface area contributed by atoms with E-state index in [1.54, 1.807) is 0 Å². The quantitative estimate of drug-likeness (QED) is 0.764. The molecule has 0 aromatic carbocycles. The highest BCUT2D eigenvalue weighted by Gasteiger charge is 2.23. The van der Waals surface area contributed by atoms with Crippen LogP contribution in [0.25, 0.3) is 0 Å². The zero-order valence-corrected chi connectivity index (χ0v) is 13.2. The maximum Gasteiger partial charge on any atom is 0.224 e. The topological polar surface area (TPSA) is 44.4 Å². The van der Waals surface area contributed by atoms with Gasteiger partial charge in [0, 0.05) is 38.1 Å². The molecule has 4 atom stereocenters. The molecule has 0 saturated carbocycles. The molecule has 1 fully saturated rings. The van der Waals surface area contributed by atoms with Gasteiger partial charge in [0.1, 0.15) is 0 Å². The van der Waals surface area contributed by atoms with Gasteiger partial charge < -0.3 is 15.5 Å². The SMILES string of the molecule is CNCC(C)C(=O)NC(C)CN1CC(C)CC(C)C1. The van der Waals surface area contributed by atoms with E-state index in [2.05, 4.69) is 36.3 Å². The maximum atomic E-state index is 11.9. The molecule has 4 nitrogen and oxygen atoms in total. The van der Waals surface area contributed by atoms with Crippen LogP contribution in [0.15, 0.2) is 0 Å². The minimum atomic E-state index is 0.0339. The molecule has 0 radical (unpaired) electrons. The second-order valence-corrected chi connectivity index (χ2v) is 6.53. The van der Waals surface area contributed by atoms with Crippen LogP contribution in [0.2, 0.25) is 0 Å². The van der Waals surface area contributed by atoms with Gasteiger partial charge in [-0.2, -0.15) is 0 Å². The minimum Gasteiger partial charge on any atom is -0.352 e. The molecule has 1 heterocycles. The summed E-state index contributed by atoms with van der Waals surface area (Å²) < 4.78 is 0. The Morgan fingerprint density at radius 2 is 1.84 bits per heavy atom. The van der Waals surface area contributed by atoms with Gasteiger partial charge in [-0.05, 0) is 32.2 Å². The molecule has 0 aromatic rings. The fraction of sp³-hybridized carbons (Fsp3) is 0.933. The molecule has 1 rings (SSSR count). The van der Waals surface area contributed by atoms with E-state index in [9.17, 15) is 4.79 Å². The predicted molar refractivity (Wildman–Crippen MR) is 80.1 cm³/mol. The number of likely N-dealkylation sites (tertiary alicyclic amines) is 1. The van der Waals surface area contributed by atoms with E-state index in [0.717, 1.165) is 38.0 Å². The number of amides is 1. The largest absolute Gasteiger partial charge is 0.352 e. The third-order valence-electron chi connectivity index (χ3n) is 3.82. The molecule has 0 aliphatic carbocycles. The van der Waals surface area contributed by atoms with Crippen molar-refractivity contribution >= 4 is 5.91 Å². The van der Waals surface area contributed by atoms with E-state index >= 15 is 0 Å². The standard InChI is InChI=1S/C15H31N3O/c1-11-6-12(2)9-18(8-11)10-14(4)17-15(19)13(3)7-16-5/h11-14,16H,6-10H2,1-5H3,(H,17,19). The molecule has 0 aromatic heterocycles. The number of nitrogens with zero attached hydrogens (tertiary/aromatic N) is 1. The second kappa shape index (κ2) is 7.85. The van der Waals surface area contributed by atoms with Crippen molar-refractivity contribution in [3.05, 3.63) is 0 Å². The normalized spacial score (nSPS) is 27.8. The summed E-state index contributed by atoms with van der Waals surface area (Å²) >= 11 is 0. The van der Waals surface area contributed by atoms with Crippen LogP contribution in [0, 0.1) is 17.8 Å². The Labute approximate surface area is 118 Å². The predicted octanol–water partition coefficient (Wildman–Crippen LogP) is 1.32.